The fourth-order valence-corrected chi connectivity index (χ4v) is 2.69. The van der Waals surface area contributed by atoms with Gasteiger partial charge in [-0.3, -0.25) is 0 Å². The minimum absolute atomic E-state index is 0.528. The zero-order valence-corrected chi connectivity index (χ0v) is 10.9. The lowest BCUT2D eigenvalue weighted by Gasteiger charge is -2.37. The van der Waals surface area contributed by atoms with E-state index in [1.165, 1.54) is 32.1 Å². The highest BCUT2D eigenvalue weighted by atomic mass is 15.2. The monoisotopic (exact) mass is 244 g/mol. The molecule has 0 radical (unpaired) electrons. The Bertz CT molecular complexity index is 448. The molecule has 4 nitrogen and oxygen atoms in total. The van der Waals surface area contributed by atoms with Crippen molar-refractivity contribution in [3.63, 3.8) is 0 Å². The number of hydrogen-bond donors (Lipinski definition) is 1. The molecule has 1 aliphatic heterocycles. The molecule has 1 aliphatic rings. The van der Waals surface area contributed by atoms with Crippen molar-refractivity contribution in [3.05, 3.63) is 17.8 Å². The van der Waals surface area contributed by atoms with Crippen molar-refractivity contribution < 1.29 is 0 Å². The highest BCUT2D eigenvalue weighted by molar-refractivity contribution is 5.65. The fourth-order valence-electron chi connectivity index (χ4n) is 2.69. The zero-order valence-electron chi connectivity index (χ0n) is 10.9. The first-order valence-electron chi connectivity index (χ1n) is 6.68. The Morgan fingerprint density at radius 3 is 3.06 bits per heavy atom. The number of anilines is 2. The van der Waals surface area contributed by atoms with E-state index in [0.29, 0.717) is 17.3 Å². The average molecular weight is 244 g/mol. The fraction of sp³-hybridized carbons (Fsp3) is 0.571. The Hall–Kier alpha value is -1.76. The molecule has 0 spiro atoms. The summed E-state index contributed by atoms with van der Waals surface area (Å²) in [5.41, 5.74) is 7.18. The van der Waals surface area contributed by atoms with E-state index >= 15 is 0 Å². The summed E-state index contributed by atoms with van der Waals surface area (Å²) < 4.78 is 0. The van der Waals surface area contributed by atoms with Gasteiger partial charge in [-0.05, 0) is 31.7 Å². The highest BCUT2D eigenvalue weighted by Crippen LogP contribution is 2.29. The molecule has 2 N–H and O–H groups in total. The van der Waals surface area contributed by atoms with Crippen molar-refractivity contribution in [2.24, 2.45) is 0 Å². The van der Waals surface area contributed by atoms with Crippen molar-refractivity contribution in [1.29, 1.82) is 5.26 Å². The quantitative estimate of drug-likeness (QED) is 0.887. The summed E-state index contributed by atoms with van der Waals surface area (Å²) in [6, 6.07) is 4.34. The van der Waals surface area contributed by atoms with Gasteiger partial charge in [-0.25, -0.2) is 4.98 Å². The van der Waals surface area contributed by atoms with E-state index in [1.54, 1.807) is 12.3 Å². The number of piperidine rings is 1. The predicted molar refractivity (Wildman–Crippen MR) is 73.3 cm³/mol. The van der Waals surface area contributed by atoms with Crippen LogP contribution in [0.2, 0.25) is 0 Å². The van der Waals surface area contributed by atoms with Gasteiger partial charge in [0.2, 0.25) is 0 Å². The summed E-state index contributed by atoms with van der Waals surface area (Å²) in [6.07, 6.45) is 7.68. The molecule has 1 atom stereocenters. The van der Waals surface area contributed by atoms with Crippen molar-refractivity contribution in [1.82, 2.24) is 4.98 Å². The minimum atomic E-state index is 0.528. The minimum Gasteiger partial charge on any atom is -0.396 e. The maximum atomic E-state index is 8.84. The van der Waals surface area contributed by atoms with Gasteiger partial charge in [-0.2, -0.15) is 5.26 Å². The third-order valence-electron chi connectivity index (χ3n) is 3.55. The Morgan fingerprint density at radius 2 is 2.39 bits per heavy atom. The van der Waals surface area contributed by atoms with Crippen LogP contribution in [0.25, 0.3) is 0 Å². The number of pyridine rings is 1. The van der Waals surface area contributed by atoms with Crippen molar-refractivity contribution in [2.45, 2.75) is 45.1 Å². The van der Waals surface area contributed by atoms with Gasteiger partial charge in [-0.1, -0.05) is 13.3 Å². The average Bonchev–Trinajstić information content (AvgIpc) is 2.40. The predicted octanol–water partition coefficient (Wildman–Crippen LogP) is 2.69. The molecule has 1 unspecified atom stereocenters. The van der Waals surface area contributed by atoms with E-state index in [9.17, 15) is 0 Å². The topological polar surface area (TPSA) is 65.9 Å². The van der Waals surface area contributed by atoms with Gasteiger partial charge in [-0.15, -0.1) is 0 Å². The van der Waals surface area contributed by atoms with Crippen LogP contribution >= 0.6 is 0 Å². The summed E-state index contributed by atoms with van der Waals surface area (Å²) in [6.45, 7) is 3.23. The number of nitrogens with two attached hydrogens (primary N) is 1. The maximum absolute atomic E-state index is 8.84. The number of nitrogens with zero attached hydrogens (tertiary/aromatic N) is 3. The third-order valence-corrected chi connectivity index (χ3v) is 3.55. The first-order chi connectivity index (χ1) is 8.76. The summed E-state index contributed by atoms with van der Waals surface area (Å²) in [7, 11) is 0. The van der Waals surface area contributed by atoms with Gasteiger partial charge in [0.1, 0.15) is 6.07 Å². The second-order valence-corrected chi connectivity index (χ2v) is 4.88. The molecule has 18 heavy (non-hydrogen) atoms. The van der Waals surface area contributed by atoms with Gasteiger partial charge < -0.3 is 10.6 Å². The van der Waals surface area contributed by atoms with Crippen LogP contribution in [-0.2, 0) is 0 Å². The van der Waals surface area contributed by atoms with E-state index in [4.69, 9.17) is 11.0 Å². The van der Waals surface area contributed by atoms with Gasteiger partial charge in [0.05, 0.1) is 11.3 Å². The summed E-state index contributed by atoms with van der Waals surface area (Å²) in [5.74, 6) is 0.854. The molecule has 0 bridgehead atoms. The number of aromatic nitrogens is 1. The van der Waals surface area contributed by atoms with Crippen LogP contribution in [0.15, 0.2) is 12.3 Å². The molecular weight excluding hydrogens is 224 g/mol. The van der Waals surface area contributed by atoms with Crippen LogP contribution in [0, 0.1) is 11.3 Å². The SMILES string of the molecule is CCCC1CCCCN1c1ncc(C#N)cc1N. The maximum Gasteiger partial charge on any atom is 0.152 e. The lowest BCUT2D eigenvalue weighted by molar-refractivity contribution is 0.432. The largest absolute Gasteiger partial charge is 0.396 e. The number of nitrogen functional groups attached to an aromatic ring is 1. The van der Waals surface area contributed by atoms with E-state index < -0.39 is 0 Å². The van der Waals surface area contributed by atoms with E-state index in [-0.39, 0.29) is 0 Å². The third kappa shape index (κ3) is 2.56. The molecule has 2 heterocycles. The van der Waals surface area contributed by atoms with Gasteiger partial charge in [0.15, 0.2) is 5.82 Å². The van der Waals surface area contributed by atoms with E-state index in [0.717, 1.165) is 12.4 Å². The molecule has 4 heteroatoms. The number of nitriles is 1. The Labute approximate surface area is 108 Å². The van der Waals surface area contributed by atoms with Crippen molar-refractivity contribution in [3.8, 4) is 6.07 Å². The standard InChI is InChI=1S/C14H20N4/c1-2-5-12-6-3-4-7-18(12)14-13(16)8-11(9-15)10-17-14/h8,10,12H,2-7,16H2,1H3. The van der Waals surface area contributed by atoms with Crippen molar-refractivity contribution in [2.75, 3.05) is 17.2 Å². The molecule has 1 aromatic heterocycles. The molecule has 96 valence electrons. The van der Waals surface area contributed by atoms with Crippen LogP contribution in [0.3, 0.4) is 0 Å². The second kappa shape index (κ2) is 5.72. The lowest BCUT2D eigenvalue weighted by Crippen LogP contribution is -2.40. The van der Waals surface area contributed by atoms with Gasteiger partial charge >= 0.3 is 0 Å². The van der Waals surface area contributed by atoms with Crippen LogP contribution in [0.1, 0.15) is 44.6 Å². The van der Waals surface area contributed by atoms with Crippen molar-refractivity contribution >= 4 is 11.5 Å². The first-order valence-corrected chi connectivity index (χ1v) is 6.68. The summed E-state index contributed by atoms with van der Waals surface area (Å²) in [5, 5.41) is 8.84. The molecule has 0 saturated carbocycles. The van der Waals surface area contributed by atoms with Gasteiger partial charge in [0.25, 0.3) is 0 Å². The number of rotatable bonds is 3. The van der Waals surface area contributed by atoms with Crippen LogP contribution < -0.4 is 10.6 Å². The van der Waals surface area contributed by atoms with E-state index in [1.807, 2.05) is 0 Å². The molecular formula is C14H20N4. The van der Waals surface area contributed by atoms with E-state index in [2.05, 4.69) is 22.9 Å². The van der Waals surface area contributed by atoms with Crippen LogP contribution in [-0.4, -0.2) is 17.6 Å². The second-order valence-electron chi connectivity index (χ2n) is 4.88. The molecule has 0 aromatic carbocycles. The van der Waals surface area contributed by atoms with Crippen LogP contribution in [0.4, 0.5) is 11.5 Å². The Kier molecular flexibility index (Phi) is 4.03. The Balaban J connectivity index is 2.25. The summed E-state index contributed by atoms with van der Waals surface area (Å²) in [4.78, 5) is 6.71. The molecule has 1 saturated heterocycles. The van der Waals surface area contributed by atoms with Gasteiger partial charge in [0, 0.05) is 18.8 Å². The lowest BCUT2D eigenvalue weighted by atomic mass is 9.98. The molecule has 0 amide bonds. The smallest absolute Gasteiger partial charge is 0.152 e. The van der Waals surface area contributed by atoms with Crippen LogP contribution in [0.5, 0.6) is 0 Å². The number of hydrogen-bond acceptors (Lipinski definition) is 4. The molecule has 1 fully saturated rings. The first kappa shape index (κ1) is 12.7. The summed E-state index contributed by atoms with van der Waals surface area (Å²) >= 11 is 0. The highest BCUT2D eigenvalue weighted by Gasteiger charge is 2.24. The zero-order chi connectivity index (χ0) is 13.0. The Morgan fingerprint density at radius 1 is 1.56 bits per heavy atom. The molecule has 1 aromatic rings. The normalized spacial score (nSPS) is 19.6. The molecule has 0 aliphatic carbocycles. The molecule has 2 rings (SSSR count).